The lowest BCUT2D eigenvalue weighted by molar-refractivity contribution is -0.143. The maximum atomic E-state index is 12.4. The van der Waals surface area contributed by atoms with E-state index in [1.54, 1.807) is 0 Å². The highest BCUT2D eigenvalue weighted by molar-refractivity contribution is 5.81. The summed E-state index contributed by atoms with van der Waals surface area (Å²) in [5.41, 5.74) is 5.59. The van der Waals surface area contributed by atoms with Gasteiger partial charge in [-0.2, -0.15) is 0 Å². The molecule has 96 valence electrons. The molecular weight excluding hydrogens is 216 g/mol. The number of hydrogen-bond acceptors (Lipinski definition) is 3. The van der Waals surface area contributed by atoms with Crippen LogP contribution in [0.1, 0.15) is 38.5 Å². The van der Waals surface area contributed by atoms with E-state index >= 15 is 0 Å². The number of carbonyl (C=O) groups is 1. The largest absolute Gasteiger partial charge is 0.364 e. The molecule has 1 aliphatic heterocycles. The number of ether oxygens (including phenoxy) is 1. The summed E-state index contributed by atoms with van der Waals surface area (Å²) >= 11 is 0. The monoisotopic (exact) mass is 238 g/mol. The van der Waals surface area contributed by atoms with E-state index in [2.05, 4.69) is 4.90 Å². The zero-order valence-electron chi connectivity index (χ0n) is 10.3. The Balaban J connectivity index is 1.58. The molecule has 3 aliphatic rings. The molecule has 2 aliphatic carbocycles. The summed E-state index contributed by atoms with van der Waals surface area (Å²) in [6.07, 6.45) is 6.66. The minimum atomic E-state index is -0.206. The Labute approximate surface area is 102 Å². The zero-order chi connectivity index (χ0) is 11.8. The second kappa shape index (κ2) is 4.58. The van der Waals surface area contributed by atoms with Gasteiger partial charge in [0.1, 0.15) is 6.10 Å². The van der Waals surface area contributed by atoms with E-state index in [-0.39, 0.29) is 18.1 Å². The fraction of sp³-hybridized carbons (Fsp3) is 0.923. The van der Waals surface area contributed by atoms with Crippen LogP contribution in [0.2, 0.25) is 0 Å². The SMILES string of the molecule is NCC1CCC(C(=O)N(CC2CC2)C2CC2)O1. The molecule has 0 bridgehead atoms. The third kappa shape index (κ3) is 2.63. The van der Waals surface area contributed by atoms with Crippen molar-refractivity contribution in [3.05, 3.63) is 0 Å². The first-order valence-electron chi connectivity index (χ1n) is 6.94. The minimum Gasteiger partial charge on any atom is -0.364 e. The Hall–Kier alpha value is -0.610. The molecule has 4 nitrogen and oxygen atoms in total. The van der Waals surface area contributed by atoms with Gasteiger partial charge in [0.05, 0.1) is 6.10 Å². The number of carbonyl (C=O) groups excluding carboxylic acids is 1. The summed E-state index contributed by atoms with van der Waals surface area (Å²) in [5.74, 6) is 1.00. The third-order valence-corrected chi connectivity index (χ3v) is 4.07. The molecule has 3 rings (SSSR count). The van der Waals surface area contributed by atoms with Crippen LogP contribution in [0.25, 0.3) is 0 Å². The fourth-order valence-electron chi connectivity index (χ4n) is 2.63. The van der Waals surface area contributed by atoms with Crippen molar-refractivity contribution in [2.45, 2.75) is 56.8 Å². The highest BCUT2D eigenvalue weighted by Gasteiger charge is 2.41. The van der Waals surface area contributed by atoms with Gasteiger partial charge in [0.25, 0.3) is 5.91 Å². The average molecular weight is 238 g/mol. The van der Waals surface area contributed by atoms with E-state index in [9.17, 15) is 4.79 Å². The lowest BCUT2D eigenvalue weighted by Gasteiger charge is -2.25. The van der Waals surface area contributed by atoms with Crippen LogP contribution in [-0.2, 0) is 9.53 Å². The molecule has 0 radical (unpaired) electrons. The first-order valence-corrected chi connectivity index (χ1v) is 6.94. The molecule has 0 spiro atoms. The van der Waals surface area contributed by atoms with Gasteiger partial charge in [-0.3, -0.25) is 4.79 Å². The molecule has 2 saturated carbocycles. The van der Waals surface area contributed by atoms with E-state index in [1.165, 1.54) is 25.7 Å². The lowest BCUT2D eigenvalue weighted by atomic mass is 10.1. The van der Waals surface area contributed by atoms with Crippen LogP contribution < -0.4 is 5.73 Å². The van der Waals surface area contributed by atoms with Gasteiger partial charge in [0, 0.05) is 19.1 Å². The van der Waals surface area contributed by atoms with Crippen LogP contribution in [0.4, 0.5) is 0 Å². The maximum absolute atomic E-state index is 12.4. The van der Waals surface area contributed by atoms with Crippen molar-refractivity contribution in [3.8, 4) is 0 Å². The minimum absolute atomic E-state index is 0.103. The number of hydrogen-bond donors (Lipinski definition) is 1. The molecule has 1 saturated heterocycles. The van der Waals surface area contributed by atoms with E-state index < -0.39 is 0 Å². The first-order chi connectivity index (χ1) is 8.28. The van der Waals surface area contributed by atoms with Gasteiger partial charge in [-0.1, -0.05) is 0 Å². The van der Waals surface area contributed by atoms with Gasteiger partial charge in [-0.05, 0) is 44.4 Å². The fourth-order valence-corrected chi connectivity index (χ4v) is 2.63. The van der Waals surface area contributed by atoms with Crippen LogP contribution >= 0.6 is 0 Å². The second-order valence-corrected chi connectivity index (χ2v) is 5.72. The Morgan fingerprint density at radius 3 is 2.47 bits per heavy atom. The van der Waals surface area contributed by atoms with Gasteiger partial charge < -0.3 is 15.4 Å². The summed E-state index contributed by atoms with van der Waals surface area (Å²) in [5, 5.41) is 0. The van der Waals surface area contributed by atoms with E-state index in [0.29, 0.717) is 12.6 Å². The quantitative estimate of drug-likeness (QED) is 0.774. The van der Waals surface area contributed by atoms with Crippen molar-refractivity contribution >= 4 is 5.91 Å². The number of rotatable bonds is 5. The maximum Gasteiger partial charge on any atom is 0.251 e. The Bertz CT molecular complexity index is 300. The molecule has 17 heavy (non-hydrogen) atoms. The van der Waals surface area contributed by atoms with Crippen molar-refractivity contribution in [1.29, 1.82) is 0 Å². The standard InChI is InChI=1S/C13H22N2O2/c14-7-11-5-6-12(17-11)13(16)15(10-3-4-10)8-9-1-2-9/h9-12H,1-8,14H2. The summed E-state index contributed by atoms with van der Waals surface area (Å²) in [4.78, 5) is 14.5. The summed E-state index contributed by atoms with van der Waals surface area (Å²) in [6, 6.07) is 0.517. The Morgan fingerprint density at radius 1 is 1.18 bits per heavy atom. The van der Waals surface area contributed by atoms with E-state index in [4.69, 9.17) is 10.5 Å². The molecular formula is C13H22N2O2. The molecule has 2 N–H and O–H groups in total. The van der Waals surface area contributed by atoms with Gasteiger partial charge in [0.2, 0.25) is 0 Å². The summed E-state index contributed by atoms with van der Waals surface area (Å²) in [7, 11) is 0. The Morgan fingerprint density at radius 2 is 1.94 bits per heavy atom. The predicted octanol–water partition coefficient (Wildman–Crippen LogP) is 0.894. The highest BCUT2D eigenvalue weighted by Crippen LogP contribution is 2.36. The molecule has 1 heterocycles. The van der Waals surface area contributed by atoms with Crippen molar-refractivity contribution in [2.75, 3.05) is 13.1 Å². The van der Waals surface area contributed by atoms with Crippen molar-refractivity contribution in [2.24, 2.45) is 11.7 Å². The van der Waals surface area contributed by atoms with Crippen LogP contribution in [0.15, 0.2) is 0 Å². The normalized spacial score (nSPS) is 32.8. The summed E-state index contributed by atoms with van der Waals surface area (Å²) in [6.45, 7) is 1.51. The molecule has 0 aromatic carbocycles. The zero-order valence-corrected chi connectivity index (χ0v) is 10.3. The third-order valence-electron chi connectivity index (χ3n) is 4.07. The molecule has 1 amide bonds. The van der Waals surface area contributed by atoms with E-state index in [0.717, 1.165) is 25.3 Å². The van der Waals surface area contributed by atoms with Gasteiger partial charge in [-0.15, -0.1) is 0 Å². The van der Waals surface area contributed by atoms with Gasteiger partial charge in [0.15, 0.2) is 0 Å². The topological polar surface area (TPSA) is 55.6 Å². The predicted molar refractivity (Wildman–Crippen MR) is 64.4 cm³/mol. The molecule has 0 aromatic rings. The number of nitrogens with zero attached hydrogens (tertiary/aromatic N) is 1. The van der Waals surface area contributed by atoms with Gasteiger partial charge >= 0.3 is 0 Å². The smallest absolute Gasteiger partial charge is 0.251 e. The number of nitrogens with two attached hydrogens (primary N) is 1. The lowest BCUT2D eigenvalue weighted by Crippen LogP contribution is -2.42. The van der Waals surface area contributed by atoms with Crippen molar-refractivity contribution in [1.82, 2.24) is 4.90 Å². The molecule has 2 atom stereocenters. The molecule has 4 heteroatoms. The molecule has 0 aromatic heterocycles. The van der Waals surface area contributed by atoms with Crippen LogP contribution in [0.3, 0.4) is 0 Å². The Kier molecular flexibility index (Phi) is 3.09. The van der Waals surface area contributed by atoms with Crippen molar-refractivity contribution < 1.29 is 9.53 Å². The van der Waals surface area contributed by atoms with Crippen LogP contribution in [0.5, 0.6) is 0 Å². The van der Waals surface area contributed by atoms with Crippen LogP contribution in [-0.4, -0.2) is 42.1 Å². The summed E-state index contributed by atoms with van der Waals surface area (Å²) < 4.78 is 5.72. The average Bonchev–Trinajstić information content (AvgIpc) is 3.24. The van der Waals surface area contributed by atoms with Crippen LogP contribution in [0, 0.1) is 5.92 Å². The molecule has 2 unspecified atom stereocenters. The highest BCUT2D eigenvalue weighted by atomic mass is 16.5. The first kappa shape index (κ1) is 11.5. The number of amides is 1. The van der Waals surface area contributed by atoms with E-state index in [1.807, 2.05) is 0 Å². The second-order valence-electron chi connectivity index (χ2n) is 5.72. The van der Waals surface area contributed by atoms with Crippen molar-refractivity contribution in [3.63, 3.8) is 0 Å². The van der Waals surface area contributed by atoms with Gasteiger partial charge in [-0.25, -0.2) is 0 Å². The molecule has 3 fully saturated rings.